The minimum Gasteiger partial charge on any atom is -0.465 e. The molecule has 0 fully saturated rings. The Morgan fingerprint density at radius 2 is 1.57 bits per heavy atom. The van der Waals surface area contributed by atoms with Gasteiger partial charge in [0.05, 0.1) is 5.69 Å². The molecule has 3 nitrogen and oxygen atoms in total. The smallest absolute Gasteiger partial charge is 0.115 e. The first kappa shape index (κ1) is 17.2. The van der Waals surface area contributed by atoms with Crippen LogP contribution in [0.1, 0.15) is 47.2 Å². The lowest BCUT2D eigenvalue weighted by molar-refractivity contribution is 0.161. The first-order chi connectivity index (χ1) is 10.7. The zero-order chi connectivity index (χ0) is 17.1. The highest BCUT2D eigenvalue weighted by Crippen LogP contribution is 2.38. The average molecular weight is 310 g/mol. The zero-order valence-electron chi connectivity index (χ0n) is 14.9. The van der Waals surface area contributed by atoms with Gasteiger partial charge in [0.15, 0.2) is 0 Å². The third-order valence-corrected chi connectivity index (χ3v) is 3.45. The van der Waals surface area contributed by atoms with E-state index in [0.29, 0.717) is 0 Å². The molecule has 2 rings (SSSR count). The SMILES string of the molecule is CC(C)(C)C1=CC(=C/C=C/c2ccncn2)C=C(C(C)(C)C)O1. The predicted molar refractivity (Wildman–Crippen MR) is 95.3 cm³/mol. The number of ether oxygens (including phenoxy) is 1. The molecule has 2 heterocycles. The molecule has 0 amide bonds. The quantitative estimate of drug-likeness (QED) is 0.743. The summed E-state index contributed by atoms with van der Waals surface area (Å²) in [6.07, 6.45) is 13.6. The highest BCUT2D eigenvalue weighted by molar-refractivity contribution is 5.49. The normalized spacial score (nSPS) is 16.0. The maximum absolute atomic E-state index is 6.15. The van der Waals surface area contributed by atoms with Crippen LogP contribution in [0.25, 0.3) is 6.08 Å². The molecule has 0 saturated carbocycles. The molecule has 1 aromatic heterocycles. The van der Waals surface area contributed by atoms with Gasteiger partial charge in [0.1, 0.15) is 17.8 Å². The number of hydrogen-bond donors (Lipinski definition) is 0. The lowest BCUT2D eigenvalue weighted by Crippen LogP contribution is -2.21. The number of aromatic nitrogens is 2. The highest BCUT2D eigenvalue weighted by atomic mass is 16.5. The van der Waals surface area contributed by atoms with E-state index >= 15 is 0 Å². The van der Waals surface area contributed by atoms with Gasteiger partial charge in [-0.3, -0.25) is 0 Å². The first-order valence-electron chi connectivity index (χ1n) is 7.93. The summed E-state index contributed by atoms with van der Waals surface area (Å²) in [6, 6.07) is 1.88. The second-order valence-corrected chi connectivity index (χ2v) is 7.78. The summed E-state index contributed by atoms with van der Waals surface area (Å²) in [5, 5.41) is 0. The van der Waals surface area contributed by atoms with Crippen molar-refractivity contribution >= 4 is 6.08 Å². The van der Waals surface area contributed by atoms with E-state index in [-0.39, 0.29) is 10.8 Å². The Morgan fingerprint density at radius 1 is 0.957 bits per heavy atom. The Hall–Kier alpha value is -2.16. The van der Waals surface area contributed by atoms with Crippen LogP contribution in [0.4, 0.5) is 0 Å². The average Bonchev–Trinajstić information content (AvgIpc) is 2.46. The fourth-order valence-corrected chi connectivity index (χ4v) is 2.01. The van der Waals surface area contributed by atoms with Crippen molar-refractivity contribution in [3.8, 4) is 0 Å². The number of nitrogens with zero attached hydrogens (tertiary/aromatic N) is 2. The fraction of sp³-hybridized carbons (Fsp3) is 0.400. The highest BCUT2D eigenvalue weighted by Gasteiger charge is 2.28. The van der Waals surface area contributed by atoms with E-state index in [1.807, 2.05) is 18.2 Å². The van der Waals surface area contributed by atoms with Gasteiger partial charge in [-0.15, -0.1) is 0 Å². The molecule has 0 saturated heterocycles. The summed E-state index contributed by atoms with van der Waals surface area (Å²) < 4.78 is 6.15. The standard InChI is InChI=1S/C20H26N2O/c1-19(2,3)17-12-15(13-18(23-17)20(4,5)6)8-7-9-16-10-11-21-14-22-16/h7-14H,1-6H3/b9-7+. The maximum atomic E-state index is 6.15. The lowest BCUT2D eigenvalue weighted by atomic mass is 9.87. The molecule has 0 unspecified atom stereocenters. The van der Waals surface area contributed by atoms with Crippen LogP contribution in [-0.2, 0) is 4.74 Å². The van der Waals surface area contributed by atoms with Crippen molar-refractivity contribution in [2.24, 2.45) is 10.8 Å². The van der Waals surface area contributed by atoms with Gasteiger partial charge in [0.2, 0.25) is 0 Å². The van der Waals surface area contributed by atoms with E-state index in [9.17, 15) is 0 Å². The minimum absolute atomic E-state index is 0.0276. The van der Waals surface area contributed by atoms with Crippen LogP contribution in [0, 0.1) is 10.8 Å². The second-order valence-electron chi connectivity index (χ2n) is 7.78. The predicted octanol–water partition coefficient (Wildman–Crippen LogP) is 5.31. The molecule has 1 aliphatic heterocycles. The molecule has 0 bridgehead atoms. The van der Waals surface area contributed by atoms with Crippen LogP contribution in [0.2, 0.25) is 0 Å². The summed E-state index contributed by atoms with van der Waals surface area (Å²) in [5.74, 6) is 1.98. The van der Waals surface area contributed by atoms with Crippen LogP contribution in [0.3, 0.4) is 0 Å². The number of hydrogen-bond acceptors (Lipinski definition) is 3. The van der Waals surface area contributed by atoms with Crippen LogP contribution in [0.5, 0.6) is 0 Å². The van der Waals surface area contributed by atoms with Crippen molar-refractivity contribution in [1.82, 2.24) is 9.97 Å². The van der Waals surface area contributed by atoms with Crippen molar-refractivity contribution < 1.29 is 4.74 Å². The van der Waals surface area contributed by atoms with Gasteiger partial charge in [-0.25, -0.2) is 9.97 Å². The summed E-state index contributed by atoms with van der Waals surface area (Å²) >= 11 is 0. The van der Waals surface area contributed by atoms with Gasteiger partial charge >= 0.3 is 0 Å². The Morgan fingerprint density at radius 3 is 2.04 bits per heavy atom. The van der Waals surface area contributed by atoms with Gasteiger partial charge < -0.3 is 4.74 Å². The van der Waals surface area contributed by atoms with E-state index in [4.69, 9.17) is 4.74 Å². The maximum Gasteiger partial charge on any atom is 0.115 e. The topological polar surface area (TPSA) is 35.0 Å². The molecule has 1 aliphatic rings. The summed E-state index contributed by atoms with van der Waals surface area (Å²) in [6.45, 7) is 13.0. The third-order valence-electron chi connectivity index (χ3n) is 3.45. The molecule has 0 spiro atoms. The van der Waals surface area contributed by atoms with Gasteiger partial charge in [0, 0.05) is 17.0 Å². The molecule has 0 aromatic carbocycles. The molecule has 3 heteroatoms. The molecule has 1 aromatic rings. The van der Waals surface area contributed by atoms with Crippen LogP contribution < -0.4 is 0 Å². The summed E-state index contributed by atoms with van der Waals surface area (Å²) in [7, 11) is 0. The van der Waals surface area contributed by atoms with Crippen LogP contribution >= 0.6 is 0 Å². The molecular weight excluding hydrogens is 284 g/mol. The van der Waals surface area contributed by atoms with E-state index in [2.05, 4.69) is 69.7 Å². The third kappa shape index (κ3) is 4.92. The van der Waals surface area contributed by atoms with Crippen molar-refractivity contribution in [1.29, 1.82) is 0 Å². The molecule has 0 aliphatic carbocycles. The first-order valence-corrected chi connectivity index (χ1v) is 7.93. The van der Waals surface area contributed by atoms with Crippen molar-refractivity contribution in [2.45, 2.75) is 41.5 Å². The molecule has 0 atom stereocenters. The molecule has 0 N–H and O–H groups in total. The Kier molecular flexibility index (Phi) is 4.88. The lowest BCUT2D eigenvalue weighted by Gasteiger charge is -2.32. The fourth-order valence-electron chi connectivity index (χ4n) is 2.01. The van der Waals surface area contributed by atoms with Gasteiger partial charge in [-0.1, -0.05) is 53.7 Å². The summed E-state index contributed by atoms with van der Waals surface area (Å²) in [5.41, 5.74) is 1.97. The Bertz CT molecular complexity index is 634. The molecule has 122 valence electrons. The van der Waals surface area contributed by atoms with E-state index in [0.717, 1.165) is 22.8 Å². The zero-order valence-corrected chi connectivity index (χ0v) is 14.9. The number of allylic oxidation sites excluding steroid dienone is 7. The second kappa shape index (κ2) is 6.53. The Balaban J connectivity index is 2.31. The van der Waals surface area contributed by atoms with E-state index < -0.39 is 0 Å². The number of rotatable bonds is 2. The van der Waals surface area contributed by atoms with E-state index in [1.54, 1.807) is 12.5 Å². The Labute approximate surface area is 139 Å². The largest absolute Gasteiger partial charge is 0.465 e. The van der Waals surface area contributed by atoms with Crippen molar-refractivity contribution in [3.05, 3.63) is 65.7 Å². The minimum atomic E-state index is -0.0276. The van der Waals surface area contributed by atoms with Crippen molar-refractivity contribution in [2.75, 3.05) is 0 Å². The van der Waals surface area contributed by atoms with E-state index in [1.165, 1.54) is 0 Å². The molecular formula is C20H26N2O. The van der Waals surface area contributed by atoms with Gasteiger partial charge in [-0.05, 0) is 29.9 Å². The van der Waals surface area contributed by atoms with Crippen molar-refractivity contribution in [3.63, 3.8) is 0 Å². The molecule has 0 radical (unpaired) electrons. The van der Waals surface area contributed by atoms with Gasteiger partial charge in [-0.2, -0.15) is 0 Å². The van der Waals surface area contributed by atoms with Crippen LogP contribution in [0.15, 0.2) is 60.0 Å². The summed E-state index contributed by atoms with van der Waals surface area (Å²) in [4.78, 5) is 8.11. The van der Waals surface area contributed by atoms with Gasteiger partial charge in [0.25, 0.3) is 0 Å². The monoisotopic (exact) mass is 310 g/mol. The molecule has 23 heavy (non-hydrogen) atoms. The van der Waals surface area contributed by atoms with Crippen LogP contribution in [-0.4, -0.2) is 9.97 Å².